The molecule has 6 heteroatoms. The minimum absolute atomic E-state index is 0.0401. The number of hydrogen-bond acceptors (Lipinski definition) is 4. The summed E-state index contributed by atoms with van der Waals surface area (Å²) in [6.07, 6.45) is 1.61. The van der Waals surface area contributed by atoms with Crippen molar-refractivity contribution in [2.24, 2.45) is 0 Å². The van der Waals surface area contributed by atoms with E-state index in [2.05, 4.69) is 20.6 Å². The van der Waals surface area contributed by atoms with Gasteiger partial charge in [-0.2, -0.15) is 0 Å². The Balaban J connectivity index is 1.77. The van der Waals surface area contributed by atoms with Gasteiger partial charge in [-0.25, -0.2) is 14.8 Å². The van der Waals surface area contributed by atoms with Gasteiger partial charge in [-0.3, -0.25) is 4.90 Å². The van der Waals surface area contributed by atoms with Gasteiger partial charge in [0.1, 0.15) is 6.33 Å². The predicted octanol–water partition coefficient (Wildman–Crippen LogP) is 1.28. The molecule has 1 aromatic heterocycles. The Morgan fingerprint density at radius 3 is 3.00 bits per heavy atom. The van der Waals surface area contributed by atoms with Crippen LogP contribution in [0, 0.1) is 0 Å². The number of benzene rings is 1. The molecule has 2 N–H and O–H groups in total. The van der Waals surface area contributed by atoms with E-state index in [1.165, 1.54) is 0 Å². The SMILES string of the molecule is O=C1NCCN1c1cccc(-c2ncnc3c2CNC3)c1. The zero-order chi connectivity index (χ0) is 14.2. The van der Waals surface area contributed by atoms with Crippen LogP contribution < -0.4 is 15.5 Å². The van der Waals surface area contributed by atoms with Crippen molar-refractivity contribution < 1.29 is 4.79 Å². The van der Waals surface area contributed by atoms with Crippen LogP contribution in [-0.2, 0) is 13.1 Å². The smallest absolute Gasteiger partial charge is 0.321 e. The Hall–Kier alpha value is -2.47. The molecule has 2 aliphatic heterocycles. The van der Waals surface area contributed by atoms with Crippen molar-refractivity contribution in [3.63, 3.8) is 0 Å². The number of carbonyl (C=O) groups excluding carboxylic acids is 1. The Kier molecular flexibility index (Phi) is 2.82. The Morgan fingerprint density at radius 2 is 2.14 bits per heavy atom. The summed E-state index contributed by atoms with van der Waals surface area (Å²) >= 11 is 0. The zero-order valence-corrected chi connectivity index (χ0v) is 11.5. The molecule has 0 unspecified atom stereocenters. The molecule has 0 radical (unpaired) electrons. The highest BCUT2D eigenvalue weighted by Crippen LogP contribution is 2.29. The van der Waals surface area contributed by atoms with Gasteiger partial charge in [-0.15, -0.1) is 0 Å². The Morgan fingerprint density at radius 1 is 1.19 bits per heavy atom. The highest BCUT2D eigenvalue weighted by Gasteiger charge is 2.22. The summed E-state index contributed by atoms with van der Waals surface area (Å²) in [5.74, 6) is 0. The lowest BCUT2D eigenvalue weighted by Gasteiger charge is -2.15. The highest BCUT2D eigenvalue weighted by molar-refractivity contribution is 5.94. The topological polar surface area (TPSA) is 70.2 Å². The summed E-state index contributed by atoms with van der Waals surface area (Å²) in [5, 5.41) is 6.12. The highest BCUT2D eigenvalue weighted by atomic mass is 16.2. The van der Waals surface area contributed by atoms with Crippen molar-refractivity contribution >= 4 is 11.7 Å². The summed E-state index contributed by atoms with van der Waals surface area (Å²) in [5.41, 5.74) is 5.09. The predicted molar refractivity (Wildman–Crippen MR) is 78.8 cm³/mol. The monoisotopic (exact) mass is 281 g/mol. The molecule has 1 aromatic carbocycles. The van der Waals surface area contributed by atoms with E-state index in [-0.39, 0.29) is 6.03 Å². The molecule has 1 saturated heterocycles. The van der Waals surface area contributed by atoms with Crippen LogP contribution in [0.25, 0.3) is 11.3 Å². The van der Waals surface area contributed by atoms with Crippen molar-refractivity contribution in [2.75, 3.05) is 18.0 Å². The third-order valence-electron chi connectivity index (χ3n) is 3.92. The van der Waals surface area contributed by atoms with Crippen molar-refractivity contribution in [2.45, 2.75) is 13.1 Å². The number of urea groups is 1. The van der Waals surface area contributed by atoms with Gasteiger partial charge in [0.2, 0.25) is 0 Å². The molecule has 0 aliphatic carbocycles. The van der Waals surface area contributed by atoms with Crippen LogP contribution in [0.5, 0.6) is 0 Å². The number of nitrogens with zero attached hydrogens (tertiary/aromatic N) is 3. The van der Waals surface area contributed by atoms with E-state index in [1.807, 2.05) is 24.3 Å². The first-order valence-corrected chi connectivity index (χ1v) is 7.02. The number of anilines is 1. The lowest BCUT2D eigenvalue weighted by Crippen LogP contribution is -2.27. The maximum absolute atomic E-state index is 11.8. The fourth-order valence-electron chi connectivity index (χ4n) is 2.88. The lowest BCUT2D eigenvalue weighted by molar-refractivity contribution is 0.252. The standard InChI is InChI=1S/C15H15N5O/c21-15-17-4-5-20(15)11-3-1-2-10(6-11)14-12-7-16-8-13(12)18-9-19-14/h1-3,6,9,16H,4-5,7-8H2,(H,17,21). The van der Waals surface area contributed by atoms with Crippen LogP contribution >= 0.6 is 0 Å². The Bertz CT molecular complexity index is 715. The van der Waals surface area contributed by atoms with Crippen molar-refractivity contribution in [1.82, 2.24) is 20.6 Å². The first-order valence-electron chi connectivity index (χ1n) is 7.02. The van der Waals surface area contributed by atoms with Crippen LogP contribution in [0.15, 0.2) is 30.6 Å². The second-order valence-corrected chi connectivity index (χ2v) is 5.18. The zero-order valence-electron chi connectivity index (χ0n) is 11.5. The molecule has 0 saturated carbocycles. The summed E-state index contributed by atoms with van der Waals surface area (Å²) < 4.78 is 0. The van der Waals surface area contributed by atoms with Gasteiger partial charge in [0.15, 0.2) is 0 Å². The molecule has 2 aliphatic rings. The fraction of sp³-hybridized carbons (Fsp3) is 0.267. The third-order valence-corrected chi connectivity index (χ3v) is 3.92. The van der Waals surface area contributed by atoms with Gasteiger partial charge in [0, 0.05) is 43.0 Å². The Labute approximate surface area is 122 Å². The summed E-state index contributed by atoms with van der Waals surface area (Å²) in [6.45, 7) is 2.97. The largest absolute Gasteiger partial charge is 0.336 e. The van der Waals surface area contributed by atoms with Gasteiger partial charge in [0.25, 0.3) is 0 Å². The van der Waals surface area contributed by atoms with E-state index in [9.17, 15) is 4.79 Å². The molecule has 2 amide bonds. The fourth-order valence-corrected chi connectivity index (χ4v) is 2.88. The molecule has 1 fully saturated rings. The number of fused-ring (bicyclic) bond motifs is 1. The number of hydrogen-bond donors (Lipinski definition) is 2. The second kappa shape index (κ2) is 4.82. The second-order valence-electron chi connectivity index (χ2n) is 5.18. The van der Waals surface area contributed by atoms with E-state index >= 15 is 0 Å². The number of carbonyl (C=O) groups is 1. The maximum Gasteiger partial charge on any atom is 0.321 e. The molecule has 0 atom stereocenters. The molecular formula is C15H15N5O. The minimum Gasteiger partial charge on any atom is -0.336 e. The number of rotatable bonds is 2. The number of aromatic nitrogens is 2. The minimum atomic E-state index is -0.0401. The van der Waals surface area contributed by atoms with E-state index in [4.69, 9.17) is 0 Å². The van der Waals surface area contributed by atoms with Gasteiger partial charge in [0.05, 0.1) is 11.4 Å². The van der Waals surface area contributed by atoms with Crippen molar-refractivity contribution in [1.29, 1.82) is 0 Å². The molecule has 2 aromatic rings. The molecule has 21 heavy (non-hydrogen) atoms. The summed E-state index contributed by atoms with van der Waals surface area (Å²) in [4.78, 5) is 22.3. The maximum atomic E-state index is 11.8. The van der Waals surface area contributed by atoms with Crippen molar-refractivity contribution in [3.8, 4) is 11.3 Å². The van der Waals surface area contributed by atoms with E-state index < -0.39 is 0 Å². The van der Waals surface area contributed by atoms with Crippen LogP contribution in [0.1, 0.15) is 11.3 Å². The molecule has 4 rings (SSSR count). The summed E-state index contributed by atoms with van der Waals surface area (Å²) in [7, 11) is 0. The summed E-state index contributed by atoms with van der Waals surface area (Å²) in [6, 6.07) is 7.92. The van der Waals surface area contributed by atoms with Crippen LogP contribution in [0.2, 0.25) is 0 Å². The quantitative estimate of drug-likeness (QED) is 0.870. The van der Waals surface area contributed by atoms with Crippen LogP contribution in [0.3, 0.4) is 0 Å². The first kappa shape index (κ1) is 12.3. The number of nitrogens with one attached hydrogen (secondary N) is 2. The molecule has 0 bridgehead atoms. The van der Waals surface area contributed by atoms with Gasteiger partial charge in [-0.05, 0) is 12.1 Å². The van der Waals surface area contributed by atoms with E-state index in [0.717, 1.165) is 41.3 Å². The van der Waals surface area contributed by atoms with E-state index in [0.29, 0.717) is 13.1 Å². The molecule has 6 nitrogen and oxygen atoms in total. The third kappa shape index (κ3) is 2.04. The first-order chi connectivity index (χ1) is 10.3. The molecule has 0 spiro atoms. The molecule has 3 heterocycles. The van der Waals surface area contributed by atoms with Crippen molar-refractivity contribution in [3.05, 3.63) is 41.9 Å². The molecular weight excluding hydrogens is 266 g/mol. The number of amides is 2. The average molecular weight is 281 g/mol. The van der Waals surface area contributed by atoms with Crippen LogP contribution in [0.4, 0.5) is 10.5 Å². The molecule has 106 valence electrons. The lowest BCUT2D eigenvalue weighted by atomic mass is 10.0. The normalized spacial score (nSPS) is 17.0. The van der Waals surface area contributed by atoms with Gasteiger partial charge in [-0.1, -0.05) is 12.1 Å². The van der Waals surface area contributed by atoms with Crippen LogP contribution in [-0.4, -0.2) is 29.1 Å². The average Bonchev–Trinajstić information content (AvgIpc) is 3.15. The van der Waals surface area contributed by atoms with E-state index in [1.54, 1.807) is 11.2 Å². The van der Waals surface area contributed by atoms with Gasteiger partial charge >= 0.3 is 6.03 Å². The van der Waals surface area contributed by atoms with Gasteiger partial charge < -0.3 is 10.6 Å².